The van der Waals surface area contributed by atoms with Gasteiger partial charge in [-0.05, 0) is 47.4 Å². The maximum absolute atomic E-state index is 5.89. The SMILES string of the molecule is CCCOc1c(Br)cc(Br)cc1C=C(CC)CNCC. The largest absolute Gasteiger partial charge is 0.492 e. The van der Waals surface area contributed by atoms with Crippen molar-refractivity contribution in [1.29, 1.82) is 0 Å². The van der Waals surface area contributed by atoms with E-state index in [9.17, 15) is 0 Å². The van der Waals surface area contributed by atoms with E-state index in [1.54, 1.807) is 0 Å². The van der Waals surface area contributed by atoms with Crippen molar-refractivity contribution in [3.05, 3.63) is 32.2 Å². The fraction of sp³-hybridized carbons (Fsp3) is 0.500. The van der Waals surface area contributed by atoms with E-state index in [2.05, 4.69) is 70.1 Å². The second kappa shape index (κ2) is 9.59. The van der Waals surface area contributed by atoms with Crippen LogP contribution in [0.5, 0.6) is 5.75 Å². The van der Waals surface area contributed by atoms with Gasteiger partial charge >= 0.3 is 0 Å². The molecule has 0 aliphatic carbocycles. The predicted molar refractivity (Wildman–Crippen MR) is 94.4 cm³/mol. The first kappa shape index (κ1) is 17.7. The number of benzene rings is 1. The third kappa shape index (κ3) is 5.58. The highest BCUT2D eigenvalue weighted by atomic mass is 79.9. The lowest BCUT2D eigenvalue weighted by Crippen LogP contribution is -2.15. The molecule has 0 saturated heterocycles. The number of ether oxygens (including phenoxy) is 1. The number of likely N-dealkylation sites (N-methyl/N-ethyl adjacent to an activating group) is 1. The highest BCUT2D eigenvalue weighted by Gasteiger charge is 2.09. The van der Waals surface area contributed by atoms with E-state index in [1.807, 2.05) is 6.07 Å². The zero-order chi connectivity index (χ0) is 15.0. The summed E-state index contributed by atoms with van der Waals surface area (Å²) in [6.07, 6.45) is 4.26. The molecule has 4 heteroatoms. The molecule has 0 unspecified atom stereocenters. The van der Waals surface area contributed by atoms with Crippen LogP contribution in [0.3, 0.4) is 0 Å². The van der Waals surface area contributed by atoms with Crippen LogP contribution in [0.1, 0.15) is 39.2 Å². The quantitative estimate of drug-likeness (QED) is 0.625. The molecule has 1 aromatic carbocycles. The zero-order valence-electron chi connectivity index (χ0n) is 12.4. The lowest BCUT2D eigenvalue weighted by Gasteiger charge is -2.13. The third-order valence-electron chi connectivity index (χ3n) is 2.90. The van der Waals surface area contributed by atoms with Crippen molar-refractivity contribution in [2.45, 2.75) is 33.6 Å². The Labute approximate surface area is 139 Å². The van der Waals surface area contributed by atoms with E-state index in [4.69, 9.17) is 4.74 Å². The summed E-state index contributed by atoms with van der Waals surface area (Å²) >= 11 is 7.14. The van der Waals surface area contributed by atoms with E-state index in [0.29, 0.717) is 0 Å². The molecule has 0 spiro atoms. The van der Waals surface area contributed by atoms with Gasteiger partial charge in [-0.25, -0.2) is 0 Å². The predicted octanol–water partition coefficient (Wildman–Crippen LogP) is 5.40. The molecule has 1 N–H and O–H groups in total. The van der Waals surface area contributed by atoms with Gasteiger partial charge in [0, 0.05) is 16.6 Å². The molecule has 112 valence electrons. The first-order chi connectivity index (χ1) is 9.62. The minimum atomic E-state index is 0.732. The first-order valence-electron chi connectivity index (χ1n) is 7.14. The number of halogens is 2. The van der Waals surface area contributed by atoms with Crippen molar-refractivity contribution in [3.63, 3.8) is 0 Å². The van der Waals surface area contributed by atoms with E-state index in [0.717, 1.165) is 52.8 Å². The van der Waals surface area contributed by atoms with Gasteiger partial charge in [-0.1, -0.05) is 48.4 Å². The van der Waals surface area contributed by atoms with Crippen molar-refractivity contribution >= 4 is 37.9 Å². The summed E-state index contributed by atoms with van der Waals surface area (Å²) in [4.78, 5) is 0. The fourth-order valence-electron chi connectivity index (χ4n) is 1.83. The molecule has 0 aromatic heterocycles. The molecule has 20 heavy (non-hydrogen) atoms. The van der Waals surface area contributed by atoms with Crippen LogP contribution in [-0.4, -0.2) is 19.7 Å². The van der Waals surface area contributed by atoms with Gasteiger partial charge in [-0.3, -0.25) is 0 Å². The Kier molecular flexibility index (Phi) is 8.50. The van der Waals surface area contributed by atoms with Crippen LogP contribution in [-0.2, 0) is 0 Å². The smallest absolute Gasteiger partial charge is 0.140 e. The Hall–Kier alpha value is -0.320. The standard InChI is InChI=1S/C16H23Br2NO/c1-4-7-20-16-13(9-14(17)10-15(16)18)8-12(5-2)11-19-6-3/h8-10,19H,4-7,11H2,1-3H3. The molecule has 0 atom stereocenters. The Morgan fingerprint density at radius 1 is 1.25 bits per heavy atom. The van der Waals surface area contributed by atoms with Crippen molar-refractivity contribution in [2.75, 3.05) is 19.7 Å². The van der Waals surface area contributed by atoms with Crippen LogP contribution in [0.2, 0.25) is 0 Å². The van der Waals surface area contributed by atoms with Gasteiger partial charge in [0.1, 0.15) is 5.75 Å². The van der Waals surface area contributed by atoms with Crippen molar-refractivity contribution in [1.82, 2.24) is 5.32 Å². The normalized spacial score (nSPS) is 11.8. The molecule has 2 nitrogen and oxygen atoms in total. The van der Waals surface area contributed by atoms with Crippen molar-refractivity contribution < 1.29 is 4.74 Å². The molecular formula is C16H23Br2NO. The van der Waals surface area contributed by atoms with E-state index >= 15 is 0 Å². The molecule has 0 aliphatic rings. The van der Waals surface area contributed by atoms with Gasteiger partial charge in [-0.2, -0.15) is 0 Å². The molecule has 1 aromatic rings. The van der Waals surface area contributed by atoms with Gasteiger partial charge in [0.25, 0.3) is 0 Å². The fourth-order valence-corrected chi connectivity index (χ4v) is 3.20. The maximum atomic E-state index is 5.89. The van der Waals surface area contributed by atoms with Crippen LogP contribution in [0.15, 0.2) is 26.7 Å². The highest BCUT2D eigenvalue weighted by Crippen LogP contribution is 2.34. The highest BCUT2D eigenvalue weighted by molar-refractivity contribution is 9.11. The molecule has 0 fully saturated rings. The Bertz CT molecular complexity index is 458. The van der Waals surface area contributed by atoms with Gasteiger partial charge in [0.15, 0.2) is 0 Å². The molecule has 0 amide bonds. The number of hydrogen-bond acceptors (Lipinski definition) is 2. The summed E-state index contributed by atoms with van der Waals surface area (Å²) in [6.45, 7) is 9.06. The van der Waals surface area contributed by atoms with E-state index in [-0.39, 0.29) is 0 Å². The number of hydrogen-bond donors (Lipinski definition) is 1. The average Bonchev–Trinajstić information content (AvgIpc) is 2.42. The molecule has 0 saturated carbocycles. The minimum Gasteiger partial charge on any atom is -0.492 e. The van der Waals surface area contributed by atoms with Gasteiger partial charge in [-0.15, -0.1) is 0 Å². The summed E-state index contributed by atoms with van der Waals surface area (Å²) in [5, 5.41) is 3.38. The number of rotatable bonds is 8. The summed E-state index contributed by atoms with van der Waals surface area (Å²) in [6, 6.07) is 4.13. The van der Waals surface area contributed by atoms with Crippen molar-refractivity contribution in [3.8, 4) is 5.75 Å². The van der Waals surface area contributed by atoms with Crippen molar-refractivity contribution in [2.24, 2.45) is 0 Å². The monoisotopic (exact) mass is 403 g/mol. The van der Waals surface area contributed by atoms with E-state index in [1.165, 1.54) is 5.57 Å². The Balaban J connectivity index is 3.09. The van der Waals surface area contributed by atoms with Gasteiger partial charge in [0.2, 0.25) is 0 Å². The van der Waals surface area contributed by atoms with Crippen LogP contribution >= 0.6 is 31.9 Å². The van der Waals surface area contributed by atoms with Gasteiger partial charge in [0.05, 0.1) is 11.1 Å². The molecule has 0 aliphatic heterocycles. The topological polar surface area (TPSA) is 21.3 Å². The summed E-state index contributed by atoms with van der Waals surface area (Å²) in [5.41, 5.74) is 2.49. The van der Waals surface area contributed by atoms with Gasteiger partial charge < -0.3 is 10.1 Å². The van der Waals surface area contributed by atoms with Crippen LogP contribution in [0.4, 0.5) is 0 Å². The summed E-state index contributed by atoms with van der Waals surface area (Å²) in [5.74, 6) is 0.928. The molecule has 1 rings (SSSR count). The lowest BCUT2D eigenvalue weighted by molar-refractivity contribution is 0.315. The summed E-state index contributed by atoms with van der Waals surface area (Å²) in [7, 11) is 0. The zero-order valence-corrected chi connectivity index (χ0v) is 15.6. The molecule has 0 heterocycles. The van der Waals surface area contributed by atoms with Crippen LogP contribution in [0, 0.1) is 0 Å². The minimum absolute atomic E-state index is 0.732. The van der Waals surface area contributed by atoms with E-state index < -0.39 is 0 Å². The summed E-state index contributed by atoms with van der Waals surface area (Å²) < 4.78 is 7.93. The second-order valence-electron chi connectivity index (χ2n) is 4.59. The second-order valence-corrected chi connectivity index (χ2v) is 6.36. The maximum Gasteiger partial charge on any atom is 0.140 e. The average molecular weight is 405 g/mol. The molecule has 0 bridgehead atoms. The molecular weight excluding hydrogens is 382 g/mol. The Morgan fingerprint density at radius 3 is 2.60 bits per heavy atom. The molecule has 0 radical (unpaired) electrons. The third-order valence-corrected chi connectivity index (χ3v) is 3.95. The lowest BCUT2D eigenvalue weighted by atomic mass is 10.1. The van der Waals surface area contributed by atoms with Crippen LogP contribution < -0.4 is 10.1 Å². The Morgan fingerprint density at radius 2 is 2.00 bits per heavy atom. The van der Waals surface area contributed by atoms with Crippen LogP contribution in [0.25, 0.3) is 6.08 Å². The first-order valence-corrected chi connectivity index (χ1v) is 8.72. The number of nitrogens with one attached hydrogen (secondary N) is 1.